The molecule has 1 aromatic heterocycles. The smallest absolute Gasteiger partial charge is 0.0707 e. The van der Waals surface area contributed by atoms with E-state index in [1.165, 1.54) is 72.3 Å². The number of benzene rings is 5. The van der Waals surface area contributed by atoms with Gasteiger partial charge in [-0.15, -0.1) is 0 Å². The molecule has 2 heterocycles. The number of nitrogens with one attached hydrogen (secondary N) is 1. The third kappa shape index (κ3) is 5.59. The van der Waals surface area contributed by atoms with Gasteiger partial charge in [-0.1, -0.05) is 124 Å². The number of anilines is 2. The van der Waals surface area contributed by atoms with Crippen LogP contribution in [0.25, 0.3) is 33.7 Å². The first-order valence-electron chi connectivity index (χ1n) is 19.0. The minimum absolute atomic E-state index is 0.0160. The molecule has 2 aliphatic carbocycles. The maximum Gasteiger partial charge on any atom is 0.0707 e. The summed E-state index contributed by atoms with van der Waals surface area (Å²) in [5.41, 5.74) is 23.9. The van der Waals surface area contributed by atoms with Crippen molar-refractivity contribution in [1.29, 1.82) is 0 Å². The minimum atomic E-state index is -0.0160. The standard InChI is InChI=1S/C51H45N3/c1-6-7-23-48-34(2)29-39(30-35(3)53(48)40-17-9-8-10-18-40)37-26-28-50-44(33-37)43-20-15-24-49(43)54(50)52-47-22-14-11-16-38(47)31-36-25-27-42-41-19-12-13-21-45(41)51(4,5)46(42)32-36/h6-19,21-30,32-33,52H,1,20,31H2,2-5H3/b23-7-. The number of fused-ring (bicyclic) bond motifs is 6. The van der Waals surface area contributed by atoms with Crippen molar-refractivity contribution < 1.29 is 0 Å². The molecule has 0 fully saturated rings. The van der Waals surface area contributed by atoms with E-state index < -0.39 is 0 Å². The van der Waals surface area contributed by atoms with Crippen molar-refractivity contribution in [3.05, 3.63) is 214 Å². The van der Waals surface area contributed by atoms with Gasteiger partial charge in [-0.25, -0.2) is 0 Å². The van der Waals surface area contributed by atoms with Crippen molar-refractivity contribution in [2.24, 2.45) is 0 Å². The summed E-state index contributed by atoms with van der Waals surface area (Å²) in [5, 5.41) is 1.28. The molecule has 264 valence electrons. The second-order valence-electron chi connectivity index (χ2n) is 15.3. The van der Waals surface area contributed by atoms with Crippen LogP contribution >= 0.6 is 0 Å². The lowest BCUT2D eigenvalue weighted by atomic mass is 9.81. The molecule has 0 spiro atoms. The third-order valence-electron chi connectivity index (χ3n) is 11.5. The lowest BCUT2D eigenvalue weighted by Gasteiger charge is -2.27. The van der Waals surface area contributed by atoms with E-state index in [2.05, 4.69) is 195 Å². The number of aromatic nitrogens is 1. The van der Waals surface area contributed by atoms with E-state index in [1.54, 1.807) is 0 Å². The first kappa shape index (κ1) is 33.5. The molecule has 5 aromatic carbocycles. The molecular formula is C51H45N3. The minimum Gasteiger partial charge on any atom is -0.314 e. The van der Waals surface area contributed by atoms with Gasteiger partial charge in [-0.3, -0.25) is 10.1 Å². The number of hydrogen-bond donors (Lipinski definition) is 1. The van der Waals surface area contributed by atoms with Crippen molar-refractivity contribution in [1.82, 2.24) is 4.68 Å². The Hall–Kier alpha value is -6.32. The normalized spacial score (nSPS) is 15.6. The van der Waals surface area contributed by atoms with Crippen LogP contribution in [0.5, 0.6) is 0 Å². The van der Waals surface area contributed by atoms with E-state index in [-0.39, 0.29) is 5.41 Å². The molecule has 3 heteroatoms. The molecule has 0 radical (unpaired) electrons. The van der Waals surface area contributed by atoms with Gasteiger partial charge in [-0.2, -0.15) is 0 Å². The van der Waals surface area contributed by atoms with Gasteiger partial charge in [0.25, 0.3) is 0 Å². The van der Waals surface area contributed by atoms with Crippen molar-refractivity contribution in [3.63, 3.8) is 0 Å². The molecule has 0 amide bonds. The number of para-hydroxylation sites is 2. The van der Waals surface area contributed by atoms with Gasteiger partial charge in [-0.05, 0) is 137 Å². The fourth-order valence-electron chi connectivity index (χ4n) is 8.80. The van der Waals surface area contributed by atoms with Crippen LogP contribution in [0.2, 0.25) is 0 Å². The van der Waals surface area contributed by atoms with Crippen molar-refractivity contribution >= 4 is 33.9 Å². The Bertz CT molecular complexity index is 2640. The molecule has 6 aromatic rings. The monoisotopic (exact) mass is 699 g/mol. The van der Waals surface area contributed by atoms with Gasteiger partial charge < -0.3 is 4.90 Å². The third-order valence-corrected chi connectivity index (χ3v) is 11.5. The predicted octanol–water partition coefficient (Wildman–Crippen LogP) is 12.8. The van der Waals surface area contributed by atoms with Crippen LogP contribution in [0, 0.1) is 0 Å². The largest absolute Gasteiger partial charge is 0.314 e. The van der Waals surface area contributed by atoms with E-state index in [0.29, 0.717) is 0 Å². The Morgan fingerprint density at radius 1 is 0.796 bits per heavy atom. The summed E-state index contributed by atoms with van der Waals surface area (Å²) in [6, 6.07) is 42.2. The molecule has 9 rings (SSSR count). The first-order valence-corrected chi connectivity index (χ1v) is 19.0. The van der Waals surface area contributed by atoms with Gasteiger partial charge in [0.15, 0.2) is 0 Å². The quantitative estimate of drug-likeness (QED) is 0.160. The molecule has 1 N–H and O–H groups in total. The number of allylic oxidation sites excluding steroid dienone is 9. The van der Waals surface area contributed by atoms with E-state index >= 15 is 0 Å². The summed E-state index contributed by atoms with van der Waals surface area (Å²) in [4.78, 5) is 2.33. The fourth-order valence-corrected chi connectivity index (χ4v) is 8.80. The maximum absolute atomic E-state index is 3.93. The summed E-state index contributed by atoms with van der Waals surface area (Å²) >= 11 is 0. The van der Waals surface area contributed by atoms with E-state index in [9.17, 15) is 0 Å². The highest BCUT2D eigenvalue weighted by atomic mass is 15.4. The zero-order chi connectivity index (χ0) is 37.0. The topological polar surface area (TPSA) is 20.2 Å². The Kier molecular flexibility index (Phi) is 8.23. The Morgan fingerprint density at radius 3 is 2.43 bits per heavy atom. The molecule has 54 heavy (non-hydrogen) atoms. The summed E-state index contributed by atoms with van der Waals surface area (Å²) in [7, 11) is 0. The molecule has 0 unspecified atom stereocenters. The fraction of sp³-hybridized carbons (Fsp3) is 0.137. The van der Waals surface area contributed by atoms with Crippen LogP contribution in [0.3, 0.4) is 0 Å². The Balaban J connectivity index is 1.06. The Morgan fingerprint density at radius 2 is 1.57 bits per heavy atom. The summed E-state index contributed by atoms with van der Waals surface area (Å²) in [6.45, 7) is 13.0. The van der Waals surface area contributed by atoms with Crippen molar-refractivity contribution in [2.75, 3.05) is 10.3 Å². The number of nitrogens with zero attached hydrogens (tertiary/aromatic N) is 2. The second kappa shape index (κ2) is 13.3. The summed E-state index contributed by atoms with van der Waals surface area (Å²) in [6.07, 6.45) is 17.0. The number of rotatable bonds is 8. The van der Waals surface area contributed by atoms with Crippen LogP contribution in [0.1, 0.15) is 66.8 Å². The first-order chi connectivity index (χ1) is 26.3. The highest BCUT2D eigenvalue weighted by Crippen LogP contribution is 2.49. The van der Waals surface area contributed by atoms with Crippen LogP contribution < -0.4 is 10.3 Å². The van der Waals surface area contributed by atoms with Gasteiger partial charge in [0.05, 0.1) is 16.9 Å². The zero-order valence-corrected chi connectivity index (χ0v) is 31.5. The highest BCUT2D eigenvalue weighted by Gasteiger charge is 2.35. The highest BCUT2D eigenvalue weighted by molar-refractivity contribution is 5.94. The van der Waals surface area contributed by atoms with Gasteiger partial charge in [0, 0.05) is 27.9 Å². The average Bonchev–Trinajstić information content (AvgIpc) is 3.82. The molecular weight excluding hydrogens is 655 g/mol. The van der Waals surface area contributed by atoms with Gasteiger partial charge >= 0.3 is 0 Å². The van der Waals surface area contributed by atoms with Crippen LogP contribution in [-0.2, 0) is 18.3 Å². The summed E-state index contributed by atoms with van der Waals surface area (Å²) in [5.74, 6) is 0. The second-order valence-corrected chi connectivity index (χ2v) is 15.3. The van der Waals surface area contributed by atoms with Crippen molar-refractivity contribution in [2.45, 2.75) is 46.0 Å². The van der Waals surface area contributed by atoms with Crippen LogP contribution in [0.4, 0.5) is 11.4 Å². The lowest BCUT2D eigenvalue weighted by molar-refractivity contribution is 0.659. The molecule has 3 aliphatic rings. The van der Waals surface area contributed by atoms with Crippen molar-refractivity contribution in [3.8, 4) is 11.1 Å². The molecule has 3 nitrogen and oxygen atoms in total. The van der Waals surface area contributed by atoms with Crippen LogP contribution in [-0.4, -0.2) is 4.68 Å². The van der Waals surface area contributed by atoms with E-state index in [0.717, 1.165) is 35.6 Å². The molecule has 0 saturated heterocycles. The predicted molar refractivity (Wildman–Crippen MR) is 230 cm³/mol. The van der Waals surface area contributed by atoms with Crippen LogP contribution in [0.15, 0.2) is 175 Å². The average molecular weight is 700 g/mol. The molecule has 0 bridgehead atoms. The molecule has 1 aliphatic heterocycles. The molecule has 0 saturated carbocycles. The summed E-state index contributed by atoms with van der Waals surface area (Å²) < 4.78 is 2.29. The van der Waals surface area contributed by atoms with Gasteiger partial charge in [0.1, 0.15) is 0 Å². The van der Waals surface area contributed by atoms with E-state index in [4.69, 9.17) is 0 Å². The van der Waals surface area contributed by atoms with E-state index in [1.807, 2.05) is 12.2 Å². The lowest BCUT2D eigenvalue weighted by Crippen LogP contribution is -2.19. The molecule has 0 atom stereocenters. The SMILES string of the molecule is C=C/C=C\C1=C(C)C=C(c2ccc3c(c2)c2c(n3Nc3ccccc3Cc3ccc4c(c3)C(C)(C)c3ccccc3-4)C=CC2)C=C(C)N1c1ccccc1. The Labute approximate surface area is 319 Å². The zero-order valence-electron chi connectivity index (χ0n) is 31.5. The maximum atomic E-state index is 3.93. The van der Waals surface area contributed by atoms with Gasteiger partial charge in [0.2, 0.25) is 0 Å². The number of hydrogen-bond acceptors (Lipinski definition) is 2.